The number of amides is 1. The fourth-order valence-electron chi connectivity index (χ4n) is 7.61. The van der Waals surface area contributed by atoms with E-state index in [2.05, 4.69) is 43.5 Å². The lowest BCUT2D eigenvalue weighted by Gasteiger charge is -2.20. The Kier molecular flexibility index (Phi) is 47.2. The van der Waals surface area contributed by atoms with Crippen LogP contribution in [0.3, 0.4) is 0 Å². The van der Waals surface area contributed by atoms with Crippen molar-refractivity contribution in [1.82, 2.24) is 5.32 Å². The first kappa shape index (κ1) is 57.1. The summed E-state index contributed by atoms with van der Waals surface area (Å²) in [6.45, 7) is 4.78. The molecular weight excluding hydrogens is 731 g/mol. The van der Waals surface area contributed by atoms with Crippen molar-refractivity contribution >= 4 is 11.9 Å². The molecule has 0 aliphatic heterocycles. The zero-order chi connectivity index (χ0) is 43.0. The third kappa shape index (κ3) is 45.4. The van der Waals surface area contributed by atoms with E-state index < -0.39 is 12.1 Å². The summed E-state index contributed by atoms with van der Waals surface area (Å²) in [7, 11) is 0. The minimum absolute atomic E-state index is 0.0444. The van der Waals surface area contributed by atoms with E-state index in [1.54, 1.807) is 6.08 Å². The van der Waals surface area contributed by atoms with Crippen LogP contribution in [0.25, 0.3) is 0 Å². The number of carbonyl (C=O) groups excluding carboxylic acids is 2. The number of ether oxygens (including phenoxy) is 1. The van der Waals surface area contributed by atoms with Gasteiger partial charge < -0.3 is 20.3 Å². The third-order valence-corrected chi connectivity index (χ3v) is 11.6. The highest BCUT2D eigenvalue weighted by atomic mass is 16.5. The normalized spacial score (nSPS) is 12.9. The number of carbonyl (C=O) groups is 2. The Morgan fingerprint density at radius 3 is 1.25 bits per heavy atom. The van der Waals surface area contributed by atoms with Crippen LogP contribution in [0.1, 0.15) is 264 Å². The molecule has 0 heterocycles. The van der Waals surface area contributed by atoms with Gasteiger partial charge in [0, 0.05) is 12.8 Å². The molecule has 0 rings (SSSR count). The second-order valence-electron chi connectivity index (χ2n) is 17.5. The van der Waals surface area contributed by atoms with Crippen LogP contribution in [0, 0.1) is 0 Å². The molecule has 0 saturated carbocycles. The van der Waals surface area contributed by atoms with Crippen molar-refractivity contribution in [3.05, 3.63) is 36.5 Å². The molecule has 0 aliphatic carbocycles. The van der Waals surface area contributed by atoms with Gasteiger partial charge in [0.05, 0.1) is 25.4 Å². The van der Waals surface area contributed by atoms with E-state index in [1.165, 1.54) is 154 Å². The number of rotatable bonds is 47. The molecule has 2 atom stereocenters. The van der Waals surface area contributed by atoms with Crippen molar-refractivity contribution in [1.29, 1.82) is 0 Å². The van der Waals surface area contributed by atoms with Crippen molar-refractivity contribution < 1.29 is 24.5 Å². The number of allylic oxidation sites excluding steroid dienone is 5. The van der Waals surface area contributed by atoms with E-state index in [0.29, 0.717) is 19.4 Å². The Morgan fingerprint density at radius 1 is 0.458 bits per heavy atom. The number of unbranched alkanes of at least 4 members (excludes halogenated alkanes) is 32. The van der Waals surface area contributed by atoms with E-state index in [-0.39, 0.29) is 18.5 Å². The smallest absolute Gasteiger partial charge is 0.305 e. The molecule has 0 spiro atoms. The van der Waals surface area contributed by atoms with Crippen LogP contribution in [0.2, 0.25) is 0 Å². The van der Waals surface area contributed by atoms with Crippen molar-refractivity contribution in [3.63, 3.8) is 0 Å². The second kappa shape index (κ2) is 48.7. The Labute approximate surface area is 366 Å². The van der Waals surface area contributed by atoms with Crippen LogP contribution in [-0.2, 0) is 14.3 Å². The first-order valence-electron chi connectivity index (χ1n) is 25.8. The molecule has 0 bridgehead atoms. The van der Waals surface area contributed by atoms with Gasteiger partial charge in [0.2, 0.25) is 5.91 Å². The molecule has 0 radical (unpaired) electrons. The van der Waals surface area contributed by atoms with Crippen molar-refractivity contribution in [2.45, 2.75) is 276 Å². The van der Waals surface area contributed by atoms with Crippen LogP contribution in [0.5, 0.6) is 0 Å². The van der Waals surface area contributed by atoms with E-state index in [1.807, 2.05) is 6.08 Å². The van der Waals surface area contributed by atoms with Crippen molar-refractivity contribution in [2.24, 2.45) is 0 Å². The third-order valence-electron chi connectivity index (χ3n) is 11.6. The number of nitrogens with one attached hydrogen (secondary N) is 1. The van der Waals surface area contributed by atoms with Crippen LogP contribution in [0.4, 0.5) is 0 Å². The molecule has 59 heavy (non-hydrogen) atoms. The van der Waals surface area contributed by atoms with Gasteiger partial charge in [-0.1, -0.05) is 211 Å². The Balaban J connectivity index is 3.57. The molecular formula is C53H99NO5. The molecule has 3 N–H and O–H groups in total. The maximum Gasteiger partial charge on any atom is 0.305 e. The number of aliphatic hydroxyl groups is 2. The summed E-state index contributed by atoms with van der Waals surface area (Å²) in [6, 6.07) is -0.650. The van der Waals surface area contributed by atoms with Gasteiger partial charge in [-0.3, -0.25) is 9.59 Å². The summed E-state index contributed by atoms with van der Waals surface area (Å²) in [5, 5.41) is 23.1. The summed E-state index contributed by atoms with van der Waals surface area (Å²) in [5.74, 6) is -0.141. The predicted molar refractivity (Wildman–Crippen MR) is 255 cm³/mol. The molecule has 0 aliphatic rings. The molecule has 346 valence electrons. The van der Waals surface area contributed by atoms with Crippen LogP contribution < -0.4 is 5.32 Å². The molecule has 2 unspecified atom stereocenters. The van der Waals surface area contributed by atoms with Crippen LogP contribution >= 0.6 is 0 Å². The largest absolute Gasteiger partial charge is 0.466 e. The minimum Gasteiger partial charge on any atom is -0.466 e. The summed E-state index contributed by atoms with van der Waals surface area (Å²) >= 11 is 0. The predicted octanol–water partition coefficient (Wildman–Crippen LogP) is 15.3. The van der Waals surface area contributed by atoms with E-state index >= 15 is 0 Å². The van der Waals surface area contributed by atoms with Crippen molar-refractivity contribution in [3.8, 4) is 0 Å². The van der Waals surface area contributed by atoms with Gasteiger partial charge in [0.1, 0.15) is 0 Å². The van der Waals surface area contributed by atoms with Gasteiger partial charge in [-0.15, -0.1) is 0 Å². The van der Waals surface area contributed by atoms with E-state index in [4.69, 9.17) is 4.74 Å². The maximum atomic E-state index is 12.4. The average Bonchev–Trinajstić information content (AvgIpc) is 3.24. The quantitative estimate of drug-likeness (QED) is 0.0323. The highest BCUT2D eigenvalue weighted by Crippen LogP contribution is 2.16. The summed E-state index contributed by atoms with van der Waals surface area (Å²) in [5.41, 5.74) is 0. The first-order valence-corrected chi connectivity index (χ1v) is 25.8. The van der Waals surface area contributed by atoms with Gasteiger partial charge in [-0.25, -0.2) is 0 Å². The molecule has 1 amide bonds. The fraction of sp³-hybridized carbons (Fsp3) is 0.849. The lowest BCUT2D eigenvalue weighted by Crippen LogP contribution is -2.45. The summed E-state index contributed by atoms with van der Waals surface area (Å²) < 4.78 is 5.41. The Hall–Kier alpha value is -1.92. The van der Waals surface area contributed by atoms with Crippen LogP contribution in [-0.4, -0.2) is 47.4 Å². The van der Waals surface area contributed by atoms with Gasteiger partial charge in [0.15, 0.2) is 0 Å². The number of hydrogen-bond donors (Lipinski definition) is 3. The maximum absolute atomic E-state index is 12.4. The monoisotopic (exact) mass is 830 g/mol. The topological polar surface area (TPSA) is 95.9 Å². The lowest BCUT2D eigenvalue weighted by atomic mass is 10.0. The van der Waals surface area contributed by atoms with Gasteiger partial charge in [-0.2, -0.15) is 0 Å². The van der Waals surface area contributed by atoms with Gasteiger partial charge in [-0.05, 0) is 77.0 Å². The van der Waals surface area contributed by atoms with Gasteiger partial charge >= 0.3 is 5.97 Å². The Bertz CT molecular complexity index is 962. The van der Waals surface area contributed by atoms with E-state index in [0.717, 1.165) is 83.5 Å². The zero-order valence-electron chi connectivity index (χ0n) is 39.2. The van der Waals surface area contributed by atoms with Crippen LogP contribution in [0.15, 0.2) is 36.5 Å². The highest BCUT2D eigenvalue weighted by molar-refractivity contribution is 5.76. The first-order chi connectivity index (χ1) is 29.0. The second-order valence-corrected chi connectivity index (χ2v) is 17.5. The molecule has 6 nitrogen and oxygen atoms in total. The molecule has 6 heteroatoms. The molecule has 0 aromatic carbocycles. The summed E-state index contributed by atoms with van der Waals surface area (Å²) in [6.07, 6.45) is 58.6. The summed E-state index contributed by atoms with van der Waals surface area (Å²) in [4.78, 5) is 24.4. The zero-order valence-corrected chi connectivity index (χ0v) is 39.2. The molecule has 0 saturated heterocycles. The van der Waals surface area contributed by atoms with Crippen molar-refractivity contribution in [2.75, 3.05) is 13.2 Å². The lowest BCUT2D eigenvalue weighted by molar-refractivity contribution is -0.143. The molecule has 0 aromatic rings. The number of aliphatic hydroxyl groups excluding tert-OH is 2. The minimum atomic E-state index is -0.863. The number of esters is 1. The SMILES string of the molecule is CCCC/C=C\CCCCCCCC(=O)OCCCC/C=C\CCCCCCCC(=O)NC(CO)C(O)/C=C/CCCCCCCCCCCCCCCCCCCC. The molecule has 0 fully saturated rings. The average molecular weight is 830 g/mol. The standard InChI is InChI=1S/C53H99NO5/c1-3-5-7-9-11-13-15-16-17-18-19-20-21-22-23-26-29-33-37-41-45-51(56)50(49-55)54-52(57)46-42-38-34-30-27-24-28-32-36-40-44-48-59-53(58)47-43-39-35-31-25-14-12-10-8-6-4-2/h10,12,28,32,41,45,50-51,55-56H,3-9,11,13-27,29-31,33-40,42-44,46-49H2,1-2H3,(H,54,57)/b12-10-,32-28-,45-41+. The van der Waals surface area contributed by atoms with Gasteiger partial charge in [0.25, 0.3) is 0 Å². The van der Waals surface area contributed by atoms with E-state index in [9.17, 15) is 19.8 Å². The highest BCUT2D eigenvalue weighted by Gasteiger charge is 2.18. The number of hydrogen-bond acceptors (Lipinski definition) is 5. The fourth-order valence-corrected chi connectivity index (χ4v) is 7.61. The molecule has 0 aromatic heterocycles. The Morgan fingerprint density at radius 2 is 0.814 bits per heavy atom.